The summed E-state index contributed by atoms with van der Waals surface area (Å²) in [6.07, 6.45) is 0. The Morgan fingerprint density at radius 2 is 2.25 bits per heavy atom. The lowest BCUT2D eigenvalue weighted by atomic mass is 10.0. The second-order valence-electron chi connectivity index (χ2n) is 3.94. The number of hydrogen-bond acceptors (Lipinski definition) is 4. The van der Waals surface area contributed by atoms with Gasteiger partial charge < -0.3 is 10.3 Å². The van der Waals surface area contributed by atoms with Crippen molar-refractivity contribution in [2.45, 2.75) is 5.92 Å². The zero-order valence-electron chi connectivity index (χ0n) is 8.43. The lowest BCUT2D eigenvalue weighted by Gasteiger charge is -2.24. The number of aromatic nitrogens is 2. The Hall–Kier alpha value is -1.95. The molecule has 2 aromatic rings. The third-order valence-corrected chi connectivity index (χ3v) is 2.86. The van der Waals surface area contributed by atoms with E-state index in [4.69, 9.17) is 0 Å². The molecule has 16 heavy (non-hydrogen) atoms. The molecule has 1 saturated heterocycles. The maximum Gasteiger partial charge on any atom is 0.271 e. The van der Waals surface area contributed by atoms with Gasteiger partial charge in [-0.15, -0.1) is 0 Å². The minimum atomic E-state index is -0.398. The Balaban J connectivity index is 2.06. The van der Waals surface area contributed by atoms with E-state index in [2.05, 4.69) is 15.3 Å². The number of nitro benzene ring substituents is 1. The van der Waals surface area contributed by atoms with Gasteiger partial charge in [-0.2, -0.15) is 0 Å². The average molecular weight is 218 g/mol. The quantitative estimate of drug-likeness (QED) is 0.585. The number of imidazole rings is 1. The van der Waals surface area contributed by atoms with Crippen molar-refractivity contribution in [3.05, 3.63) is 34.1 Å². The summed E-state index contributed by atoms with van der Waals surface area (Å²) in [5, 5.41) is 13.8. The number of benzene rings is 1. The highest BCUT2D eigenvalue weighted by Gasteiger charge is 2.22. The van der Waals surface area contributed by atoms with Crippen molar-refractivity contribution < 1.29 is 4.92 Å². The number of fused-ring (bicyclic) bond motifs is 1. The van der Waals surface area contributed by atoms with Crippen LogP contribution in [-0.4, -0.2) is 28.0 Å². The van der Waals surface area contributed by atoms with Gasteiger partial charge >= 0.3 is 0 Å². The molecule has 2 N–H and O–H groups in total. The van der Waals surface area contributed by atoms with Crippen LogP contribution in [0.3, 0.4) is 0 Å². The summed E-state index contributed by atoms with van der Waals surface area (Å²) in [6.45, 7) is 1.84. The molecule has 6 nitrogen and oxygen atoms in total. The third-order valence-electron chi connectivity index (χ3n) is 2.86. The molecule has 1 aromatic heterocycles. The van der Waals surface area contributed by atoms with Gasteiger partial charge in [0.15, 0.2) is 0 Å². The molecule has 82 valence electrons. The molecule has 0 spiro atoms. The van der Waals surface area contributed by atoms with Gasteiger partial charge in [-0.25, -0.2) is 4.98 Å². The summed E-state index contributed by atoms with van der Waals surface area (Å²) in [6, 6.07) is 4.68. The maximum atomic E-state index is 10.6. The molecular weight excluding hydrogens is 208 g/mol. The first-order chi connectivity index (χ1) is 7.74. The van der Waals surface area contributed by atoms with Gasteiger partial charge in [0.25, 0.3) is 5.69 Å². The highest BCUT2D eigenvalue weighted by atomic mass is 16.6. The summed E-state index contributed by atoms with van der Waals surface area (Å²) in [7, 11) is 0. The first kappa shape index (κ1) is 9.29. The van der Waals surface area contributed by atoms with E-state index in [1.807, 2.05) is 0 Å². The van der Waals surface area contributed by atoms with Crippen molar-refractivity contribution in [1.82, 2.24) is 15.3 Å². The number of aromatic amines is 1. The molecule has 0 atom stereocenters. The van der Waals surface area contributed by atoms with Crippen LogP contribution in [0.15, 0.2) is 18.2 Å². The molecular formula is C10H10N4O2. The Labute approximate surface area is 90.8 Å². The Morgan fingerprint density at radius 1 is 1.44 bits per heavy atom. The molecule has 0 saturated carbocycles. The van der Waals surface area contributed by atoms with Crippen LogP contribution in [0.25, 0.3) is 11.0 Å². The molecule has 0 radical (unpaired) electrons. The molecule has 0 aliphatic carbocycles. The monoisotopic (exact) mass is 218 g/mol. The second-order valence-corrected chi connectivity index (χ2v) is 3.94. The fraction of sp³-hybridized carbons (Fsp3) is 0.300. The van der Waals surface area contributed by atoms with E-state index >= 15 is 0 Å². The van der Waals surface area contributed by atoms with Gasteiger partial charge in [-0.3, -0.25) is 10.1 Å². The van der Waals surface area contributed by atoms with E-state index in [9.17, 15) is 10.1 Å². The molecule has 3 rings (SSSR count). The number of nitro groups is 1. The first-order valence-corrected chi connectivity index (χ1v) is 5.09. The Kier molecular flexibility index (Phi) is 1.90. The molecule has 6 heteroatoms. The SMILES string of the molecule is O=[N+]([O-])c1ccc2nc(C3CNC3)[nH]c2c1. The maximum absolute atomic E-state index is 10.6. The topological polar surface area (TPSA) is 83.8 Å². The van der Waals surface area contributed by atoms with Gasteiger partial charge in [-0.05, 0) is 6.07 Å². The standard InChI is InChI=1S/C10H10N4O2/c15-14(16)7-1-2-8-9(3-7)13-10(12-8)6-4-11-5-6/h1-3,6,11H,4-5H2,(H,12,13). The van der Waals surface area contributed by atoms with Gasteiger partial charge in [0.1, 0.15) is 5.82 Å². The second kappa shape index (κ2) is 3.28. The highest BCUT2D eigenvalue weighted by Crippen LogP contribution is 2.23. The van der Waals surface area contributed by atoms with Crippen LogP contribution in [0, 0.1) is 10.1 Å². The average Bonchev–Trinajstić information content (AvgIpc) is 2.56. The predicted molar refractivity (Wildman–Crippen MR) is 58.4 cm³/mol. The van der Waals surface area contributed by atoms with E-state index < -0.39 is 4.92 Å². The molecule has 0 bridgehead atoms. The van der Waals surface area contributed by atoms with Crippen LogP contribution < -0.4 is 5.32 Å². The molecule has 2 heterocycles. The largest absolute Gasteiger partial charge is 0.341 e. The fourth-order valence-corrected chi connectivity index (χ4v) is 1.81. The summed E-state index contributed by atoms with van der Waals surface area (Å²) >= 11 is 0. The van der Waals surface area contributed by atoms with E-state index in [0.717, 1.165) is 29.9 Å². The zero-order valence-corrected chi connectivity index (χ0v) is 8.43. The van der Waals surface area contributed by atoms with Gasteiger partial charge in [0.05, 0.1) is 16.0 Å². The summed E-state index contributed by atoms with van der Waals surface area (Å²) < 4.78 is 0. The Bertz CT molecular complexity index is 559. The number of nitrogens with one attached hydrogen (secondary N) is 2. The number of H-pyrrole nitrogens is 1. The number of hydrogen-bond donors (Lipinski definition) is 2. The molecule has 0 unspecified atom stereocenters. The minimum Gasteiger partial charge on any atom is -0.341 e. The van der Waals surface area contributed by atoms with Crippen LogP contribution in [0.4, 0.5) is 5.69 Å². The van der Waals surface area contributed by atoms with Crippen molar-refractivity contribution in [2.75, 3.05) is 13.1 Å². The summed E-state index contributed by atoms with van der Waals surface area (Å²) in [5.41, 5.74) is 1.61. The van der Waals surface area contributed by atoms with Gasteiger partial charge in [-0.1, -0.05) is 0 Å². The predicted octanol–water partition coefficient (Wildman–Crippen LogP) is 1.16. The van der Waals surface area contributed by atoms with Crippen LogP contribution in [0.5, 0.6) is 0 Å². The lowest BCUT2D eigenvalue weighted by Crippen LogP contribution is -2.40. The van der Waals surface area contributed by atoms with Crippen LogP contribution in [0.2, 0.25) is 0 Å². The first-order valence-electron chi connectivity index (χ1n) is 5.09. The van der Waals surface area contributed by atoms with Crippen LogP contribution in [-0.2, 0) is 0 Å². The number of nitrogens with zero attached hydrogens (tertiary/aromatic N) is 2. The van der Waals surface area contributed by atoms with E-state index in [1.54, 1.807) is 6.07 Å². The summed E-state index contributed by atoms with van der Waals surface area (Å²) in [5.74, 6) is 1.32. The Morgan fingerprint density at radius 3 is 2.88 bits per heavy atom. The minimum absolute atomic E-state index is 0.0921. The zero-order chi connectivity index (χ0) is 11.1. The van der Waals surface area contributed by atoms with Gasteiger partial charge in [0.2, 0.25) is 0 Å². The van der Waals surface area contributed by atoms with Crippen LogP contribution in [0.1, 0.15) is 11.7 Å². The molecule has 1 aliphatic rings. The normalized spacial score (nSPS) is 16.2. The van der Waals surface area contributed by atoms with Crippen molar-refractivity contribution in [2.24, 2.45) is 0 Å². The lowest BCUT2D eigenvalue weighted by molar-refractivity contribution is -0.384. The molecule has 1 aromatic carbocycles. The third kappa shape index (κ3) is 1.35. The van der Waals surface area contributed by atoms with Crippen molar-refractivity contribution in [1.29, 1.82) is 0 Å². The van der Waals surface area contributed by atoms with Crippen molar-refractivity contribution in [3.63, 3.8) is 0 Å². The number of rotatable bonds is 2. The highest BCUT2D eigenvalue weighted by molar-refractivity contribution is 5.77. The molecule has 1 fully saturated rings. The fourth-order valence-electron chi connectivity index (χ4n) is 1.81. The number of non-ortho nitro benzene ring substituents is 1. The van der Waals surface area contributed by atoms with E-state index in [0.29, 0.717) is 5.92 Å². The van der Waals surface area contributed by atoms with E-state index in [1.165, 1.54) is 12.1 Å². The van der Waals surface area contributed by atoms with Crippen LogP contribution >= 0.6 is 0 Å². The van der Waals surface area contributed by atoms with Gasteiger partial charge in [0, 0.05) is 31.1 Å². The molecule has 0 amide bonds. The van der Waals surface area contributed by atoms with Crippen molar-refractivity contribution in [3.8, 4) is 0 Å². The smallest absolute Gasteiger partial charge is 0.271 e. The van der Waals surface area contributed by atoms with E-state index in [-0.39, 0.29) is 5.69 Å². The molecule has 1 aliphatic heterocycles. The summed E-state index contributed by atoms with van der Waals surface area (Å²) in [4.78, 5) is 17.8. The van der Waals surface area contributed by atoms with Crippen molar-refractivity contribution >= 4 is 16.7 Å².